The van der Waals surface area contributed by atoms with Crippen LogP contribution in [-0.4, -0.2) is 43.1 Å². The standard InChI is InChI=1S/C15H19N3O2/c1-12(19)17-14-5-6-18(11-14)7-8-20-15-4-2-3-13(9-15)10-16/h2-4,9,14H,5-8,11H2,1H3,(H,17,19). The van der Waals surface area contributed by atoms with Gasteiger partial charge in [-0.05, 0) is 24.6 Å². The molecule has 0 spiro atoms. The van der Waals surface area contributed by atoms with Crippen LogP contribution < -0.4 is 10.1 Å². The van der Waals surface area contributed by atoms with Gasteiger partial charge < -0.3 is 10.1 Å². The van der Waals surface area contributed by atoms with E-state index < -0.39 is 0 Å². The summed E-state index contributed by atoms with van der Waals surface area (Å²) in [7, 11) is 0. The fraction of sp³-hybridized carbons (Fsp3) is 0.467. The molecule has 1 amide bonds. The van der Waals surface area contributed by atoms with Gasteiger partial charge >= 0.3 is 0 Å². The van der Waals surface area contributed by atoms with E-state index in [0.717, 1.165) is 31.8 Å². The van der Waals surface area contributed by atoms with Gasteiger partial charge in [0.15, 0.2) is 0 Å². The molecule has 1 aromatic carbocycles. The number of amides is 1. The van der Waals surface area contributed by atoms with E-state index in [1.54, 1.807) is 19.1 Å². The van der Waals surface area contributed by atoms with Crippen molar-refractivity contribution in [3.8, 4) is 11.8 Å². The molecule has 0 bridgehead atoms. The monoisotopic (exact) mass is 273 g/mol. The zero-order valence-electron chi connectivity index (χ0n) is 11.6. The molecule has 0 radical (unpaired) electrons. The van der Waals surface area contributed by atoms with Crippen molar-refractivity contribution < 1.29 is 9.53 Å². The Balaban J connectivity index is 1.71. The second kappa shape index (κ2) is 6.92. The molecule has 1 aliphatic rings. The maximum absolute atomic E-state index is 11.0. The van der Waals surface area contributed by atoms with Gasteiger partial charge in [-0.2, -0.15) is 5.26 Å². The molecule has 20 heavy (non-hydrogen) atoms. The third kappa shape index (κ3) is 4.25. The number of hydrogen-bond acceptors (Lipinski definition) is 4. The lowest BCUT2D eigenvalue weighted by Crippen LogP contribution is -2.36. The number of nitrogens with one attached hydrogen (secondary N) is 1. The lowest BCUT2D eigenvalue weighted by atomic mass is 10.2. The molecule has 0 saturated carbocycles. The number of benzene rings is 1. The topological polar surface area (TPSA) is 65.4 Å². The van der Waals surface area contributed by atoms with Gasteiger partial charge in [0.25, 0.3) is 0 Å². The van der Waals surface area contributed by atoms with Crippen LogP contribution in [0.1, 0.15) is 18.9 Å². The molecule has 1 unspecified atom stereocenters. The van der Waals surface area contributed by atoms with Crippen LogP contribution in [0.3, 0.4) is 0 Å². The summed E-state index contributed by atoms with van der Waals surface area (Å²) in [6, 6.07) is 9.51. The van der Waals surface area contributed by atoms with Gasteiger partial charge in [0.1, 0.15) is 12.4 Å². The van der Waals surface area contributed by atoms with Crippen LogP contribution in [0, 0.1) is 11.3 Å². The molecule has 5 heteroatoms. The first-order chi connectivity index (χ1) is 9.67. The number of carbonyl (C=O) groups excluding carboxylic acids is 1. The van der Waals surface area contributed by atoms with Crippen LogP contribution in [0.5, 0.6) is 5.75 Å². The Morgan fingerprint density at radius 1 is 1.60 bits per heavy atom. The van der Waals surface area contributed by atoms with Crippen LogP contribution in [0.25, 0.3) is 0 Å². The van der Waals surface area contributed by atoms with Crippen molar-refractivity contribution in [3.63, 3.8) is 0 Å². The normalized spacial score (nSPS) is 18.5. The summed E-state index contributed by atoms with van der Waals surface area (Å²) in [6.07, 6.45) is 0.990. The molecule has 1 heterocycles. The van der Waals surface area contributed by atoms with Crippen molar-refractivity contribution in [1.82, 2.24) is 10.2 Å². The highest BCUT2D eigenvalue weighted by Gasteiger charge is 2.22. The van der Waals surface area contributed by atoms with Crippen molar-refractivity contribution in [1.29, 1.82) is 5.26 Å². The van der Waals surface area contributed by atoms with E-state index in [0.29, 0.717) is 12.2 Å². The Hall–Kier alpha value is -2.06. The van der Waals surface area contributed by atoms with Crippen LogP contribution in [-0.2, 0) is 4.79 Å². The van der Waals surface area contributed by atoms with E-state index in [4.69, 9.17) is 10.00 Å². The molecule has 5 nitrogen and oxygen atoms in total. The number of carbonyl (C=O) groups is 1. The Morgan fingerprint density at radius 2 is 2.45 bits per heavy atom. The summed E-state index contributed by atoms with van der Waals surface area (Å²) in [4.78, 5) is 13.3. The van der Waals surface area contributed by atoms with Crippen LogP contribution >= 0.6 is 0 Å². The van der Waals surface area contributed by atoms with E-state index in [-0.39, 0.29) is 11.9 Å². The summed E-state index contributed by atoms with van der Waals surface area (Å²) in [5.74, 6) is 0.753. The zero-order valence-corrected chi connectivity index (χ0v) is 11.6. The van der Waals surface area contributed by atoms with Gasteiger partial charge in [0.05, 0.1) is 11.6 Å². The highest BCUT2D eigenvalue weighted by Crippen LogP contribution is 2.13. The molecule has 1 aromatic rings. The lowest BCUT2D eigenvalue weighted by molar-refractivity contribution is -0.119. The average molecular weight is 273 g/mol. The van der Waals surface area contributed by atoms with Gasteiger partial charge in [-0.15, -0.1) is 0 Å². The van der Waals surface area contributed by atoms with Gasteiger partial charge in [-0.3, -0.25) is 9.69 Å². The second-order valence-corrected chi connectivity index (χ2v) is 4.97. The lowest BCUT2D eigenvalue weighted by Gasteiger charge is -2.16. The molecule has 1 N–H and O–H groups in total. The molecule has 106 valence electrons. The predicted molar refractivity (Wildman–Crippen MR) is 75.3 cm³/mol. The maximum atomic E-state index is 11.0. The molecule has 2 rings (SSSR count). The highest BCUT2D eigenvalue weighted by molar-refractivity contribution is 5.73. The number of hydrogen-bond donors (Lipinski definition) is 1. The van der Waals surface area contributed by atoms with Gasteiger partial charge in [-0.1, -0.05) is 6.07 Å². The first-order valence-electron chi connectivity index (χ1n) is 6.80. The highest BCUT2D eigenvalue weighted by atomic mass is 16.5. The molecule has 0 aliphatic carbocycles. The third-order valence-corrected chi connectivity index (χ3v) is 3.32. The predicted octanol–water partition coefficient (Wildman–Crippen LogP) is 1.15. The van der Waals surface area contributed by atoms with E-state index in [2.05, 4.69) is 16.3 Å². The van der Waals surface area contributed by atoms with Crippen molar-refractivity contribution in [2.75, 3.05) is 26.2 Å². The number of rotatable bonds is 5. The van der Waals surface area contributed by atoms with Crippen LogP contribution in [0.15, 0.2) is 24.3 Å². The maximum Gasteiger partial charge on any atom is 0.217 e. The van der Waals surface area contributed by atoms with Crippen molar-refractivity contribution in [2.24, 2.45) is 0 Å². The number of likely N-dealkylation sites (tertiary alicyclic amines) is 1. The van der Waals surface area contributed by atoms with Gasteiger partial charge in [-0.25, -0.2) is 0 Å². The molecule has 0 aromatic heterocycles. The van der Waals surface area contributed by atoms with Crippen molar-refractivity contribution in [2.45, 2.75) is 19.4 Å². The number of nitrogens with zero attached hydrogens (tertiary/aromatic N) is 2. The molecule has 1 aliphatic heterocycles. The largest absolute Gasteiger partial charge is 0.492 e. The molecule has 1 saturated heterocycles. The molecular formula is C15H19N3O2. The van der Waals surface area contributed by atoms with Gasteiger partial charge in [0.2, 0.25) is 5.91 Å². The average Bonchev–Trinajstić information content (AvgIpc) is 2.86. The minimum atomic E-state index is 0.0291. The summed E-state index contributed by atoms with van der Waals surface area (Å²) < 4.78 is 5.65. The minimum Gasteiger partial charge on any atom is -0.492 e. The molecule has 1 atom stereocenters. The van der Waals surface area contributed by atoms with E-state index in [1.807, 2.05) is 12.1 Å². The Bertz CT molecular complexity index is 510. The Morgan fingerprint density at radius 3 is 3.20 bits per heavy atom. The van der Waals surface area contributed by atoms with Crippen LogP contribution in [0.2, 0.25) is 0 Å². The minimum absolute atomic E-state index is 0.0291. The van der Waals surface area contributed by atoms with Gasteiger partial charge in [0, 0.05) is 32.6 Å². The molecule has 1 fully saturated rings. The fourth-order valence-corrected chi connectivity index (χ4v) is 2.39. The van der Waals surface area contributed by atoms with E-state index in [9.17, 15) is 4.79 Å². The smallest absolute Gasteiger partial charge is 0.217 e. The summed E-state index contributed by atoms with van der Waals surface area (Å²) >= 11 is 0. The first-order valence-corrected chi connectivity index (χ1v) is 6.80. The second-order valence-electron chi connectivity index (χ2n) is 4.97. The van der Waals surface area contributed by atoms with Crippen molar-refractivity contribution >= 4 is 5.91 Å². The Kier molecular flexibility index (Phi) is 4.97. The van der Waals surface area contributed by atoms with Crippen LogP contribution in [0.4, 0.5) is 0 Å². The zero-order chi connectivity index (χ0) is 14.4. The van der Waals surface area contributed by atoms with Crippen molar-refractivity contribution in [3.05, 3.63) is 29.8 Å². The summed E-state index contributed by atoms with van der Waals surface area (Å²) in [6.45, 7) is 4.82. The fourth-order valence-electron chi connectivity index (χ4n) is 2.39. The summed E-state index contributed by atoms with van der Waals surface area (Å²) in [5, 5.41) is 11.8. The summed E-state index contributed by atoms with van der Waals surface area (Å²) in [5.41, 5.74) is 0.606. The number of nitriles is 1. The first kappa shape index (κ1) is 14.4. The Labute approximate surface area is 119 Å². The number of ether oxygens (including phenoxy) is 1. The van der Waals surface area contributed by atoms with E-state index >= 15 is 0 Å². The quantitative estimate of drug-likeness (QED) is 0.874. The third-order valence-electron chi connectivity index (χ3n) is 3.32. The molecular weight excluding hydrogens is 254 g/mol. The SMILES string of the molecule is CC(=O)NC1CCN(CCOc2cccc(C#N)c2)C1. The van der Waals surface area contributed by atoms with E-state index in [1.165, 1.54) is 0 Å².